The summed E-state index contributed by atoms with van der Waals surface area (Å²) in [7, 11) is 0. The molecule has 0 spiro atoms. The first-order valence-electron chi connectivity index (χ1n) is 10.7. The number of benzene rings is 4. The summed E-state index contributed by atoms with van der Waals surface area (Å²) < 4.78 is 15.2. The van der Waals surface area contributed by atoms with Crippen molar-refractivity contribution < 1.29 is 9.18 Å². The van der Waals surface area contributed by atoms with E-state index >= 15 is 0 Å². The number of hydrogen-bond acceptors (Lipinski definition) is 2. The Bertz CT molecular complexity index is 1480. The average Bonchev–Trinajstić information content (AvgIpc) is 3.13. The van der Waals surface area contributed by atoms with Gasteiger partial charge in [-0.1, -0.05) is 48.5 Å². The molecular weight excluding hydrogens is 413 g/mol. The van der Waals surface area contributed by atoms with E-state index in [-0.39, 0.29) is 11.7 Å². The molecule has 5 aromatic rings. The fourth-order valence-electron chi connectivity index (χ4n) is 4.38. The standard InChI is InChI=1S/C28H22FN3O/c1-18-15-26(19(2)32(18)23-13-11-22(29)12-14-23)28(33)31-30-17-27-24-9-5-3-7-20(24)16-21-8-4-6-10-25(21)27/h3-17H,1-2H3,(H,31,33). The van der Waals surface area contributed by atoms with Gasteiger partial charge in [-0.25, -0.2) is 9.82 Å². The lowest BCUT2D eigenvalue weighted by Crippen LogP contribution is -2.18. The van der Waals surface area contributed by atoms with Crippen LogP contribution in [0.1, 0.15) is 27.3 Å². The fraction of sp³-hybridized carbons (Fsp3) is 0.0714. The van der Waals surface area contributed by atoms with Crippen LogP contribution in [-0.4, -0.2) is 16.7 Å². The number of rotatable bonds is 4. The number of fused-ring (bicyclic) bond motifs is 2. The molecule has 5 rings (SSSR count). The highest BCUT2D eigenvalue weighted by Crippen LogP contribution is 2.27. The first-order chi connectivity index (χ1) is 16.0. The van der Waals surface area contributed by atoms with Crippen LogP contribution in [0.15, 0.2) is 90.0 Å². The van der Waals surface area contributed by atoms with E-state index in [4.69, 9.17) is 0 Å². The van der Waals surface area contributed by atoms with Gasteiger partial charge in [0.25, 0.3) is 5.91 Å². The Labute approximate surface area is 191 Å². The summed E-state index contributed by atoms with van der Waals surface area (Å²) in [6.45, 7) is 3.78. The van der Waals surface area contributed by atoms with Crippen molar-refractivity contribution in [2.75, 3.05) is 0 Å². The van der Waals surface area contributed by atoms with Crippen LogP contribution in [0.5, 0.6) is 0 Å². The van der Waals surface area contributed by atoms with Crippen molar-refractivity contribution in [3.8, 4) is 5.69 Å². The summed E-state index contributed by atoms with van der Waals surface area (Å²) in [5.74, 6) is -0.591. The molecule has 0 unspecified atom stereocenters. The molecule has 1 aromatic heterocycles. The number of carbonyl (C=O) groups is 1. The van der Waals surface area contributed by atoms with Gasteiger partial charge in [-0.3, -0.25) is 4.79 Å². The Hall–Kier alpha value is -4.25. The van der Waals surface area contributed by atoms with Crippen LogP contribution in [0.25, 0.3) is 27.2 Å². The third-order valence-electron chi connectivity index (χ3n) is 5.93. The van der Waals surface area contributed by atoms with E-state index in [2.05, 4.69) is 40.9 Å². The van der Waals surface area contributed by atoms with Gasteiger partial charge in [-0.05, 0) is 71.8 Å². The molecule has 0 fully saturated rings. The van der Waals surface area contributed by atoms with E-state index < -0.39 is 0 Å². The van der Waals surface area contributed by atoms with E-state index in [0.29, 0.717) is 5.56 Å². The third-order valence-corrected chi connectivity index (χ3v) is 5.93. The first kappa shape index (κ1) is 20.6. The topological polar surface area (TPSA) is 46.4 Å². The van der Waals surface area contributed by atoms with Gasteiger partial charge in [0.05, 0.1) is 11.8 Å². The van der Waals surface area contributed by atoms with Crippen LogP contribution in [-0.2, 0) is 0 Å². The first-order valence-corrected chi connectivity index (χ1v) is 10.7. The lowest BCUT2D eigenvalue weighted by molar-refractivity contribution is 0.0954. The highest BCUT2D eigenvalue weighted by atomic mass is 19.1. The number of aryl methyl sites for hydroxylation is 1. The maximum Gasteiger partial charge on any atom is 0.273 e. The van der Waals surface area contributed by atoms with Gasteiger partial charge in [0.1, 0.15) is 5.82 Å². The Morgan fingerprint density at radius 1 is 0.879 bits per heavy atom. The molecule has 0 aliphatic rings. The minimum Gasteiger partial charge on any atom is -0.318 e. The molecule has 0 saturated heterocycles. The summed E-state index contributed by atoms with van der Waals surface area (Å²) in [5, 5.41) is 8.68. The predicted molar refractivity (Wildman–Crippen MR) is 132 cm³/mol. The van der Waals surface area contributed by atoms with Crippen molar-refractivity contribution in [1.82, 2.24) is 9.99 Å². The van der Waals surface area contributed by atoms with Crippen LogP contribution < -0.4 is 5.43 Å². The van der Waals surface area contributed by atoms with Gasteiger partial charge >= 0.3 is 0 Å². The Morgan fingerprint density at radius 2 is 1.48 bits per heavy atom. The number of aromatic nitrogens is 1. The summed E-state index contributed by atoms with van der Waals surface area (Å²) in [4.78, 5) is 12.9. The van der Waals surface area contributed by atoms with E-state index in [1.807, 2.05) is 48.7 Å². The predicted octanol–water partition coefficient (Wildman–Crippen LogP) is 6.30. The van der Waals surface area contributed by atoms with Crippen LogP contribution in [0.4, 0.5) is 4.39 Å². The zero-order valence-corrected chi connectivity index (χ0v) is 18.3. The maximum atomic E-state index is 13.3. The van der Waals surface area contributed by atoms with Crippen LogP contribution >= 0.6 is 0 Å². The fourth-order valence-corrected chi connectivity index (χ4v) is 4.38. The van der Waals surface area contributed by atoms with Gasteiger partial charge in [0.2, 0.25) is 0 Å². The summed E-state index contributed by atoms with van der Waals surface area (Å²) in [5.41, 5.74) is 6.61. The summed E-state index contributed by atoms with van der Waals surface area (Å²) in [6.07, 6.45) is 1.71. The van der Waals surface area contributed by atoms with E-state index in [9.17, 15) is 9.18 Å². The van der Waals surface area contributed by atoms with Gasteiger partial charge in [-0.15, -0.1) is 0 Å². The number of hydrogen-bond donors (Lipinski definition) is 1. The highest BCUT2D eigenvalue weighted by Gasteiger charge is 2.16. The van der Waals surface area contributed by atoms with Crippen LogP contribution in [0.2, 0.25) is 0 Å². The SMILES string of the molecule is Cc1cc(C(=O)NN=Cc2c3ccccc3cc3ccccc23)c(C)n1-c1ccc(F)cc1. The second-order valence-corrected chi connectivity index (χ2v) is 8.03. The van der Waals surface area contributed by atoms with Gasteiger partial charge < -0.3 is 4.57 Å². The minimum absolute atomic E-state index is 0.294. The molecule has 4 aromatic carbocycles. The van der Waals surface area contributed by atoms with E-state index in [1.54, 1.807) is 18.3 Å². The molecule has 33 heavy (non-hydrogen) atoms. The average molecular weight is 436 g/mol. The normalized spacial score (nSPS) is 11.5. The number of amides is 1. The van der Waals surface area contributed by atoms with Gasteiger partial charge in [0, 0.05) is 22.6 Å². The molecule has 1 heterocycles. The number of hydrazone groups is 1. The van der Waals surface area contributed by atoms with Crippen molar-refractivity contribution in [1.29, 1.82) is 0 Å². The molecule has 0 aliphatic carbocycles. The molecule has 0 bridgehead atoms. The molecule has 0 aliphatic heterocycles. The van der Waals surface area contributed by atoms with Crippen LogP contribution in [0, 0.1) is 19.7 Å². The lowest BCUT2D eigenvalue weighted by Gasteiger charge is -2.10. The lowest BCUT2D eigenvalue weighted by atomic mass is 9.97. The van der Waals surface area contributed by atoms with Crippen molar-refractivity contribution >= 4 is 33.7 Å². The van der Waals surface area contributed by atoms with Crippen molar-refractivity contribution in [2.24, 2.45) is 5.10 Å². The maximum absolute atomic E-state index is 13.3. The second-order valence-electron chi connectivity index (χ2n) is 8.03. The van der Waals surface area contributed by atoms with Gasteiger partial charge in [0.15, 0.2) is 0 Å². The largest absolute Gasteiger partial charge is 0.318 e. The van der Waals surface area contributed by atoms with Crippen molar-refractivity contribution in [3.63, 3.8) is 0 Å². The smallest absolute Gasteiger partial charge is 0.273 e. The Morgan fingerprint density at radius 3 is 2.12 bits per heavy atom. The number of halogens is 1. The third kappa shape index (κ3) is 3.78. The zero-order valence-electron chi connectivity index (χ0n) is 18.3. The monoisotopic (exact) mass is 435 g/mol. The molecule has 4 nitrogen and oxygen atoms in total. The highest BCUT2D eigenvalue weighted by molar-refractivity contribution is 6.13. The van der Waals surface area contributed by atoms with Crippen LogP contribution in [0.3, 0.4) is 0 Å². The number of nitrogens with one attached hydrogen (secondary N) is 1. The van der Waals surface area contributed by atoms with Gasteiger partial charge in [-0.2, -0.15) is 5.10 Å². The zero-order chi connectivity index (χ0) is 22.9. The number of carbonyl (C=O) groups excluding carboxylic acids is 1. The Kier molecular flexibility index (Phi) is 5.23. The van der Waals surface area contributed by atoms with Crippen molar-refractivity contribution in [2.45, 2.75) is 13.8 Å². The summed E-state index contributed by atoms with van der Waals surface area (Å²) >= 11 is 0. The molecule has 162 valence electrons. The van der Waals surface area contributed by atoms with E-state index in [1.165, 1.54) is 12.1 Å². The number of nitrogens with zero attached hydrogens (tertiary/aromatic N) is 2. The quantitative estimate of drug-likeness (QED) is 0.201. The molecule has 0 atom stereocenters. The molecule has 1 amide bonds. The summed E-state index contributed by atoms with van der Waals surface area (Å²) in [6, 6.07) is 26.5. The van der Waals surface area contributed by atoms with E-state index in [0.717, 1.165) is 44.2 Å². The molecule has 0 radical (unpaired) electrons. The minimum atomic E-state index is -0.297. The van der Waals surface area contributed by atoms with Crippen molar-refractivity contribution in [3.05, 3.63) is 113 Å². The Balaban J connectivity index is 1.47. The molecule has 1 N–H and O–H groups in total. The second kappa shape index (κ2) is 8.36. The molecule has 5 heteroatoms. The molecular formula is C28H22FN3O. The molecule has 0 saturated carbocycles.